The van der Waals surface area contributed by atoms with Crippen molar-refractivity contribution in [1.29, 1.82) is 0 Å². The number of nitrogens with zero attached hydrogens (tertiary/aromatic N) is 3. The number of benzene rings is 1. The van der Waals surface area contributed by atoms with Crippen molar-refractivity contribution in [2.24, 2.45) is 11.7 Å². The van der Waals surface area contributed by atoms with E-state index in [1.807, 2.05) is 25.1 Å². The Balaban J connectivity index is 0.000000522. The van der Waals surface area contributed by atoms with Crippen molar-refractivity contribution < 1.29 is 51.1 Å². The maximum atomic E-state index is 11.3. The zero-order valence-electron chi connectivity index (χ0n) is 21.8. The lowest BCUT2D eigenvalue weighted by Crippen LogP contribution is -2.29. The number of aliphatic carboxylic acids is 2. The summed E-state index contributed by atoms with van der Waals surface area (Å²) in [6.45, 7) is 3.21. The Morgan fingerprint density at radius 3 is 2.07 bits per heavy atom. The van der Waals surface area contributed by atoms with Gasteiger partial charge in [0.2, 0.25) is 11.8 Å². The number of anilines is 2. The molecule has 1 aromatic carbocycles. The van der Waals surface area contributed by atoms with Crippen LogP contribution >= 0.6 is 15.9 Å². The Bertz CT molecular complexity index is 1200. The first-order valence-electron chi connectivity index (χ1n) is 11.9. The molecule has 1 saturated carbocycles. The zero-order chi connectivity index (χ0) is 32.3. The third-order valence-corrected chi connectivity index (χ3v) is 6.58. The molecule has 0 unspecified atom stereocenters. The minimum atomic E-state index is -5.08. The van der Waals surface area contributed by atoms with Gasteiger partial charge in [0.25, 0.3) is 0 Å². The van der Waals surface area contributed by atoms with Gasteiger partial charge >= 0.3 is 30.0 Å². The standard InChI is InChI=1S/C19H25BrN6O2.2C2HF3O2/c1-12-14(3-2-4-16(12)20)10-23-19-24-11-17(26(27)28)18(25-19)22-9-13-5-7-15(21)8-6-13;2*3-2(4,5)1(6)7/h2-4,11,13,15H,5-10,21H2,1H3,(H2,22,23,24,25);2*(H,6,7). The Labute approximate surface area is 243 Å². The second kappa shape index (κ2) is 16.0. The van der Waals surface area contributed by atoms with E-state index in [-0.39, 0.29) is 17.5 Å². The lowest BCUT2D eigenvalue weighted by Gasteiger charge is -2.26. The summed E-state index contributed by atoms with van der Waals surface area (Å²) in [6.07, 6.45) is -4.86. The van der Waals surface area contributed by atoms with E-state index in [1.165, 1.54) is 6.20 Å². The highest BCUT2D eigenvalue weighted by Crippen LogP contribution is 2.27. The van der Waals surface area contributed by atoms with E-state index in [0.29, 0.717) is 25.0 Å². The Hall–Kier alpha value is -3.74. The van der Waals surface area contributed by atoms with Crippen molar-refractivity contribution in [2.75, 3.05) is 17.2 Å². The van der Waals surface area contributed by atoms with E-state index < -0.39 is 29.2 Å². The Morgan fingerprint density at radius 2 is 1.60 bits per heavy atom. The molecule has 2 aromatic rings. The number of rotatable bonds is 7. The fourth-order valence-corrected chi connectivity index (χ4v) is 3.78. The van der Waals surface area contributed by atoms with Crippen LogP contribution in [0, 0.1) is 23.0 Å². The van der Waals surface area contributed by atoms with Gasteiger partial charge in [0, 0.05) is 23.6 Å². The Kier molecular flexibility index (Phi) is 13.9. The van der Waals surface area contributed by atoms with Crippen molar-refractivity contribution in [1.82, 2.24) is 9.97 Å². The second-order valence-electron chi connectivity index (χ2n) is 8.83. The number of nitro groups is 1. The predicted molar refractivity (Wildman–Crippen MR) is 141 cm³/mol. The number of carboxylic acids is 2. The monoisotopic (exact) mass is 676 g/mol. The highest BCUT2D eigenvalue weighted by molar-refractivity contribution is 9.10. The molecule has 0 aliphatic heterocycles. The lowest BCUT2D eigenvalue weighted by molar-refractivity contribution is -0.384. The zero-order valence-corrected chi connectivity index (χ0v) is 23.4. The minimum absolute atomic E-state index is 0.114. The van der Waals surface area contributed by atoms with Crippen LogP contribution in [0.15, 0.2) is 28.9 Å². The fourth-order valence-electron chi connectivity index (χ4n) is 3.38. The maximum Gasteiger partial charge on any atom is 0.490 e. The molecule has 12 nitrogen and oxygen atoms in total. The average Bonchev–Trinajstić information content (AvgIpc) is 2.88. The maximum absolute atomic E-state index is 11.3. The van der Waals surface area contributed by atoms with Gasteiger partial charge in [-0.1, -0.05) is 28.1 Å². The van der Waals surface area contributed by atoms with E-state index >= 15 is 0 Å². The summed E-state index contributed by atoms with van der Waals surface area (Å²) in [5.74, 6) is -4.45. The molecule has 1 fully saturated rings. The molecule has 0 amide bonds. The summed E-state index contributed by atoms with van der Waals surface area (Å²) in [7, 11) is 0. The van der Waals surface area contributed by atoms with Gasteiger partial charge in [-0.15, -0.1) is 0 Å². The number of hydrogen-bond donors (Lipinski definition) is 5. The van der Waals surface area contributed by atoms with Crippen LogP contribution < -0.4 is 16.4 Å². The number of halogens is 7. The largest absolute Gasteiger partial charge is 0.490 e. The molecule has 0 bridgehead atoms. The normalized spacial score (nSPS) is 16.6. The third kappa shape index (κ3) is 12.8. The van der Waals surface area contributed by atoms with Crippen LogP contribution in [-0.2, 0) is 16.1 Å². The van der Waals surface area contributed by atoms with Crippen molar-refractivity contribution in [3.05, 3.63) is 50.1 Å². The summed E-state index contributed by atoms with van der Waals surface area (Å²) in [4.78, 5) is 37.1. The van der Waals surface area contributed by atoms with Crippen LogP contribution in [0.5, 0.6) is 0 Å². The van der Waals surface area contributed by atoms with Gasteiger partial charge in [0.1, 0.15) is 6.20 Å². The molecule has 6 N–H and O–H groups in total. The average molecular weight is 677 g/mol. The SMILES string of the molecule is Cc1c(Br)cccc1CNc1ncc([N+](=O)[O-])c(NCC2CCC(N)CC2)n1.O=C(O)C(F)(F)F.O=C(O)C(F)(F)F. The molecule has 1 aliphatic carbocycles. The molecule has 19 heteroatoms. The molecule has 1 heterocycles. The van der Waals surface area contributed by atoms with E-state index in [1.54, 1.807) is 0 Å². The molecule has 3 rings (SSSR count). The number of aromatic nitrogens is 2. The topological polar surface area (TPSA) is 194 Å². The summed E-state index contributed by atoms with van der Waals surface area (Å²) in [5.41, 5.74) is 8.07. The lowest BCUT2D eigenvalue weighted by atomic mass is 9.86. The van der Waals surface area contributed by atoms with Gasteiger partial charge in [-0.3, -0.25) is 10.1 Å². The van der Waals surface area contributed by atoms with Gasteiger partial charge in [-0.25, -0.2) is 14.6 Å². The minimum Gasteiger partial charge on any atom is -0.475 e. The molecule has 0 radical (unpaired) electrons. The van der Waals surface area contributed by atoms with Crippen molar-refractivity contribution in [2.45, 2.75) is 57.5 Å². The van der Waals surface area contributed by atoms with Crippen molar-refractivity contribution in [3.8, 4) is 0 Å². The van der Waals surface area contributed by atoms with Gasteiger partial charge < -0.3 is 26.6 Å². The Morgan fingerprint density at radius 1 is 1.07 bits per heavy atom. The number of nitrogens with one attached hydrogen (secondary N) is 2. The van der Waals surface area contributed by atoms with Crippen LogP contribution in [0.1, 0.15) is 36.8 Å². The van der Waals surface area contributed by atoms with Crippen LogP contribution in [0.4, 0.5) is 43.8 Å². The van der Waals surface area contributed by atoms with Crippen molar-refractivity contribution >= 4 is 45.3 Å². The number of alkyl halides is 6. The molecule has 42 heavy (non-hydrogen) atoms. The number of carboxylic acid groups (broad SMARTS) is 2. The summed E-state index contributed by atoms with van der Waals surface area (Å²) >= 11 is 3.52. The van der Waals surface area contributed by atoms with E-state index in [4.69, 9.17) is 25.5 Å². The third-order valence-electron chi connectivity index (χ3n) is 5.72. The first kappa shape index (κ1) is 36.3. The van der Waals surface area contributed by atoms with Gasteiger partial charge in [0.15, 0.2) is 0 Å². The highest BCUT2D eigenvalue weighted by Gasteiger charge is 2.38. The number of hydrogen-bond acceptors (Lipinski definition) is 9. The highest BCUT2D eigenvalue weighted by atomic mass is 79.9. The molecule has 1 aromatic heterocycles. The molecule has 1 aliphatic rings. The molecular weight excluding hydrogens is 650 g/mol. The quantitative estimate of drug-likeness (QED) is 0.146. The molecule has 0 atom stereocenters. The van der Waals surface area contributed by atoms with Crippen LogP contribution in [0.3, 0.4) is 0 Å². The summed E-state index contributed by atoms with van der Waals surface area (Å²) in [5, 5.41) is 31.9. The van der Waals surface area contributed by atoms with Gasteiger partial charge in [0.05, 0.1) is 4.92 Å². The number of carbonyl (C=O) groups is 2. The molecule has 0 spiro atoms. The smallest absolute Gasteiger partial charge is 0.475 e. The van der Waals surface area contributed by atoms with Gasteiger partial charge in [-0.05, 0) is 55.7 Å². The number of nitrogens with two attached hydrogens (primary N) is 1. The first-order valence-corrected chi connectivity index (χ1v) is 12.7. The van der Waals surface area contributed by atoms with E-state index in [0.717, 1.165) is 41.3 Å². The van der Waals surface area contributed by atoms with Crippen LogP contribution in [0.2, 0.25) is 0 Å². The second-order valence-corrected chi connectivity index (χ2v) is 9.68. The fraction of sp³-hybridized carbons (Fsp3) is 0.478. The molecule has 0 saturated heterocycles. The van der Waals surface area contributed by atoms with E-state index in [9.17, 15) is 36.5 Å². The molecule has 234 valence electrons. The van der Waals surface area contributed by atoms with Crippen LogP contribution in [0.25, 0.3) is 0 Å². The first-order chi connectivity index (χ1) is 19.3. The molecular formula is C23H27BrF6N6O6. The predicted octanol–water partition coefficient (Wildman–Crippen LogP) is 5.26. The van der Waals surface area contributed by atoms with Gasteiger partial charge in [-0.2, -0.15) is 31.3 Å². The van der Waals surface area contributed by atoms with Crippen LogP contribution in [-0.4, -0.2) is 62.0 Å². The van der Waals surface area contributed by atoms with E-state index in [2.05, 4.69) is 36.5 Å². The summed E-state index contributed by atoms with van der Waals surface area (Å²) < 4.78 is 64.5. The summed E-state index contributed by atoms with van der Waals surface area (Å²) in [6, 6.07) is 6.25. The van der Waals surface area contributed by atoms with Crippen molar-refractivity contribution in [3.63, 3.8) is 0 Å².